The van der Waals surface area contributed by atoms with Gasteiger partial charge in [0.15, 0.2) is 12.6 Å². The minimum Gasteiger partial charge on any atom is -0.463 e. The van der Waals surface area contributed by atoms with E-state index in [9.17, 15) is 45.3 Å². The first-order valence-electron chi connectivity index (χ1n) is 25.1. The molecular formula is C48H90O15. The zero-order valence-electron chi connectivity index (χ0n) is 39.1. The summed E-state index contributed by atoms with van der Waals surface area (Å²) in [4.78, 5) is 25.0. The molecule has 2 saturated heterocycles. The maximum absolute atomic E-state index is 12.7. The van der Waals surface area contributed by atoms with Crippen molar-refractivity contribution in [3.8, 4) is 0 Å². The van der Waals surface area contributed by atoms with Crippen molar-refractivity contribution in [2.45, 2.75) is 268 Å². The van der Waals surface area contributed by atoms with Crippen molar-refractivity contribution in [2.24, 2.45) is 0 Å². The van der Waals surface area contributed by atoms with Crippen molar-refractivity contribution >= 4 is 11.9 Å². The van der Waals surface area contributed by atoms with E-state index in [1.807, 2.05) is 0 Å². The van der Waals surface area contributed by atoms with Crippen LogP contribution in [-0.2, 0) is 38.0 Å². The first-order valence-corrected chi connectivity index (χ1v) is 25.1. The summed E-state index contributed by atoms with van der Waals surface area (Å²) >= 11 is 0. The number of hydrogen-bond donors (Lipinski definition) is 7. The number of esters is 2. The summed E-state index contributed by atoms with van der Waals surface area (Å²) in [6, 6.07) is 0. The summed E-state index contributed by atoms with van der Waals surface area (Å²) in [5.74, 6) is -0.950. The molecule has 0 saturated carbocycles. The van der Waals surface area contributed by atoms with Gasteiger partial charge in [0.25, 0.3) is 0 Å². The topological polar surface area (TPSA) is 231 Å². The lowest BCUT2D eigenvalue weighted by Crippen LogP contribution is -2.65. The molecule has 2 rings (SSSR count). The van der Waals surface area contributed by atoms with E-state index in [1.54, 1.807) is 0 Å². The van der Waals surface area contributed by atoms with Gasteiger partial charge in [0, 0.05) is 12.8 Å². The Kier molecular flexibility index (Phi) is 33.5. The maximum Gasteiger partial charge on any atom is 0.305 e. The van der Waals surface area contributed by atoms with Crippen LogP contribution in [0.25, 0.3) is 0 Å². The Balaban J connectivity index is 1.77. The Hall–Kier alpha value is -1.50. The van der Waals surface area contributed by atoms with E-state index in [0.29, 0.717) is 12.8 Å². The second-order valence-electron chi connectivity index (χ2n) is 18.0. The number of hydrogen-bond acceptors (Lipinski definition) is 15. The lowest BCUT2D eigenvalue weighted by Gasteiger charge is -2.46. The molecule has 1 unspecified atom stereocenters. The van der Waals surface area contributed by atoms with Crippen LogP contribution in [0.15, 0.2) is 0 Å². The van der Waals surface area contributed by atoms with Gasteiger partial charge < -0.3 is 64.2 Å². The smallest absolute Gasteiger partial charge is 0.305 e. The van der Waals surface area contributed by atoms with Crippen molar-refractivity contribution in [1.82, 2.24) is 0 Å². The maximum atomic E-state index is 12.7. The lowest BCUT2D eigenvalue weighted by atomic mass is 9.97. The van der Waals surface area contributed by atoms with Gasteiger partial charge in [-0.25, -0.2) is 0 Å². The van der Waals surface area contributed by atoms with Crippen LogP contribution in [0.2, 0.25) is 0 Å². The number of carbonyl (C=O) groups is 2. The Morgan fingerprint density at radius 2 is 0.889 bits per heavy atom. The fourth-order valence-corrected chi connectivity index (χ4v) is 8.19. The number of carbonyl (C=O) groups excluding carboxylic acids is 2. The zero-order chi connectivity index (χ0) is 46.1. The largest absolute Gasteiger partial charge is 0.463 e. The molecular weight excluding hydrogens is 817 g/mol. The second-order valence-corrected chi connectivity index (χ2v) is 18.0. The van der Waals surface area contributed by atoms with Crippen LogP contribution >= 0.6 is 0 Å². The van der Waals surface area contributed by atoms with Crippen LogP contribution in [0.5, 0.6) is 0 Å². The van der Waals surface area contributed by atoms with E-state index in [0.717, 1.165) is 38.5 Å². The Labute approximate surface area is 378 Å². The van der Waals surface area contributed by atoms with Crippen molar-refractivity contribution in [3.63, 3.8) is 0 Å². The molecule has 15 heteroatoms. The quantitative estimate of drug-likeness (QED) is 0.0260. The van der Waals surface area contributed by atoms with Gasteiger partial charge >= 0.3 is 11.9 Å². The van der Waals surface area contributed by atoms with E-state index >= 15 is 0 Å². The summed E-state index contributed by atoms with van der Waals surface area (Å²) in [5, 5.41) is 73.7. The minimum absolute atomic E-state index is 0.165. The van der Waals surface area contributed by atoms with Crippen molar-refractivity contribution in [3.05, 3.63) is 0 Å². The molecule has 0 aromatic heterocycles. The van der Waals surface area contributed by atoms with Gasteiger partial charge in [0.1, 0.15) is 68.1 Å². The van der Waals surface area contributed by atoms with Crippen LogP contribution in [-0.4, -0.2) is 142 Å². The molecule has 2 aliphatic heterocycles. The minimum atomic E-state index is -1.83. The SMILES string of the molecule is CCCCCCCCCCCCCCCCC(=O)OC[C@H]1O[C@H](OCC(O)COC(=O)CCCCCCCCCCCCCCC)[C@@H](O)[C@@H](O[C@H]2O[C@H](CO)[C@@H](O)[C@H](O)[C@H]2O)[C@@H]1O. The van der Waals surface area contributed by atoms with Crippen molar-refractivity contribution < 1.29 is 73.8 Å². The van der Waals surface area contributed by atoms with E-state index in [1.165, 1.54) is 122 Å². The van der Waals surface area contributed by atoms with Gasteiger partial charge in [-0.1, -0.05) is 174 Å². The lowest BCUT2D eigenvalue weighted by molar-refractivity contribution is -0.361. The molecule has 11 atom stereocenters. The van der Waals surface area contributed by atoms with Gasteiger partial charge in [-0.05, 0) is 12.8 Å². The number of rotatable bonds is 39. The second kappa shape index (κ2) is 36.6. The molecule has 2 heterocycles. The highest BCUT2D eigenvalue weighted by Gasteiger charge is 2.51. The number of aliphatic hydroxyl groups is 7. The molecule has 0 aliphatic carbocycles. The molecule has 15 nitrogen and oxygen atoms in total. The predicted octanol–water partition coefficient (Wildman–Crippen LogP) is 6.43. The molecule has 0 amide bonds. The predicted molar refractivity (Wildman–Crippen MR) is 238 cm³/mol. The highest BCUT2D eigenvalue weighted by atomic mass is 16.7. The third-order valence-electron chi connectivity index (χ3n) is 12.3. The first-order chi connectivity index (χ1) is 30.5. The molecule has 0 radical (unpaired) electrons. The molecule has 0 aromatic rings. The molecule has 0 spiro atoms. The number of unbranched alkanes of at least 4 members (excludes halogenated alkanes) is 25. The third kappa shape index (κ3) is 25.3. The summed E-state index contributed by atoms with van der Waals surface area (Å²) in [7, 11) is 0. The number of aliphatic hydroxyl groups excluding tert-OH is 7. The Morgan fingerprint density at radius 3 is 1.33 bits per heavy atom. The van der Waals surface area contributed by atoms with Gasteiger partial charge in [0.05, 0.1) is 13.2 Å². The highest BCUT2D eigenvalue weighted by Crippen LogP contribution is 2.30. The molecule has 63 heavy (non-hydrogen) atoms. The van der Waals surface area contributed by atoms with E-state index < -0.39 is 99.3 Å². The molecule has 0 aromatic carbocycles. The van der Waals surface area contributed by atoms with Crippen LogP contribution < -0.4 is 0 Å². The monoisotopic (exact) mass is 907 g/mol. The molecule has 372 valence electrons. The van der Waals surface area contributed by atoms with Crippen molar-refractivity contribution in [2.75, 3.05) is 26.4 Å². The van der Waals surface area contributed by atoms with E-state index in [2.05, 4.69) is 13.8 Å². The molecule has 2 fully saturated rings. The highest BCUT2D eigenvalue weighted by molar-refractivity contribution is 5.69. The zero-order valence-corrected chi connectivity index (χ0v) is 39.1. The molecule has 7 N–H and O–H groups in total. The fraction of sp³-hybridized carbons (Fsp3) is 0.958. The van der Waals surface area contributed by atoms with Crippen LogP contribution in [0.1, 0.15) is 200 Å². The van der Waals surface area contributed by atoms with E-state index in [-0.39, 0.29) is 19.4 Å². The summed E-state index contributed by atoms with van der Waals surface area (Å²) in [6.07, 6.45) is 14.9. The van der Waals surface area contributed by atoms with Gasteiger partial charge in [0.2, 0.25) is 0 Å². The summed E-state index contributed by atoms with van der Waals surface area (Å²) in [6.45, 7) is 2.47. The number of ether oxygens (including phenoxy) is 6. The van der Waals surface area contributed by atoms with Gasteiger partial charge in [-0.2, -0.15) is 0 Å². The van der Waals surface area contributed by atoms with Crippen LogP contribution in [0.3, 0.4) is 0 Å². The van der Waals surface area contributed by atoms with Gasteiger partial charge in [-0.3, -0.25) is 9.59 Å². The fourth-order valence-electron chi connectivity index (χ4n) is 8.19. The molecule has 2 aliphatic rings. The Morgan fingerprint density at radius 1 is 0.476 bits per heavy atom. The summed E-state index contributed by atoms with van der Waals surface area (Å²) in [5.41, 5.74) is 0. The average molecular weight is 907 g/mol. The summed E-state index contributed by atoms with van der Waals surface area (Å²) < 4.78 is 33.3. The van der Waals surface area contributed by atoms with E-state index in [4.69, 9.17) is 28.4 Å². The average Bonchev–Trinajstić information content (AvgIpc) is 3.27. The van der Waals surface area contributed by atoms with Crippen LogP contribution in [0.4, 0.5) is 0 Å². The first kappa shape index (κ1) is 57.6. The molecule has 0 bridgehead atoms. The normalized spacial score (nSPS) is 26.7. The standard InChI is InChI=1S/C48H90O15/c1-3-5-7-9-11-13-15-17-19-21-23-25-27-29-31-40(52)59-35-38-42(54)46(63-48-44(56)43(55)41(53)37(32-49)61-48)45(57)47(62-38)60-34-36(50)33-58-39(51)30-28-26-24-22-20-18-16-14-12-10-8-6-4-2/h36-38,41-50,53-57H,3-35H2,1-2H3/t36?,37-,38-,41-,42-,43+,44-,45+,46+,47+,48-/m1/s1. The Bertz CT molecular complexity index is 1110. The van der Waals surface area contributed by atoms with Gasteiger partial charge in [-0.15, -0.1) is 0 Å². The van der Waals surface area contributed by atoms with Crippen LogP contribution in [0, 0.1) is 0 Å². The third-order valence-corrected chi connectivity index (χ3v) is 12.3. The van der Waals surface area contributed by atoms with Crippen molar-refractivity contribution in [1.29, 1.82) is 0 Å².